The zero-order valence-corrected chi connectivity index (χ0v) is 7.06. The highest BCUT2D eigenvalue weighted by molar-refractivity contribution is 5.89. The fourth-order valence-corrected chi connectivity index (χ4v) is 1.54. The number of rotatable bonds is 0. The standard InChI is InChI=1S/C9H7N3O/c1-6-4-11-12-3-2-7-9(8(6)12)13-5-10-7/h2-5H,1H3. The minimum absolute atomic E-state index is 0.803. The molecule has 0 saturated heterocycles. The fraction of sp³-hybridized carbons (Fsp3) is 0.111. The Kier molecular flexibility index (Phi) is 1.07. The average Bonchev–Trinajstić information content (AvgIpc) is 2.70. The van der Waals surface area contributed by atoms with E-state index < -0.39 is 0 Å². The van der Waals surface area contributed by atoms with Crippen LogP contribution in [0.5, 0.6) is 0 Å². The van der Waals surface area contributed by atoms with Crippen molar-refractivity contribution in [3.05, 3.63) is 30.4 Å². The lowest BCUT2D eigenvalue weighted by Gasteiger charge is -1.93. The van der Waals surface area contributed by atoms with Crippen LogP contribution in [0.2, 0.25) is 0 Å². The van der Waals surface area contributed by atoms with Gasteiger partial charge in [-0.05, 0) is 18.6 Å². The third-order valence-corrected chi connectivity index (χ3v) is 2.16. The molecule has 0 N–H and O–H groups in total. The lowest BCUT2D eigenvalue weighted by molar-refractivity contribution is 0.603. The Bertz CT molecular complexity index is 579. The third-order valence-electron chi connectivity index (χ3n) is 2.16. The van der Waals surface area contributed by atoms with Crippen LogP contribution < -0.4 is 0 Å². The van der Waals surface area contributed by atoms with Crippen LogP contribution >= 0.6 is 0 Å². The molecule has 0 radical (unpaired) electrons. The van der Waals surface area contributed by atoms with Crippen LogP contribution in [0.25, 0.3) is 16.6 Å². The average molecular weight is 173 g/mol. The van der Waals surface area contributed by atoms with E-state index in [-0.39, 0.29) is 0 Å². The molecule has 0 amide bonds. The number of pyridine rings is 1. The van der Waals surface area contributed by atoms with Gasteiger partial charge in [0.05, 0.1) is 6.20 Å². The summed E-state index contributed by atoms with van der Waals surface area (Å²) >= 11 is 0. The Morgan fingerprint density at radius 3 is 3.31 bits per heavy atom. The molecule has 0 saturated carbocycles. The van der Waals surface area contributed by atoms with Gasteiger partial charge < -0.3 is 4.42 Å². The molecule has 0 unspecified atom stereocenters. The van der Waals surface area contributed by atoms with Crippen molar-refractivity contribution >= 4 is 16.6 Å². The second kappa shape index (κ2) is 2.10. The zero-order valence-electron chi connectivity index (χ0n) is 7.06. The first-order chi connectivity index (χ1) is 6.36. The molecule has 3 aromatic rings. The molecule has 0 spiro atoms. The van der Waals surface area contributed by atoms with Crippen molar-refractivity contribution < 1.29 is 4.42 Å². The van der Waals surface area contributed by atoms with Gasteiger partial charge in [-0.25, -0.2) is 9.50 Å². The molecule has 3 rings (SSSR count). The van der Waals surface area contributed by atoms with Crippen molar-refractivity contribution in [2.75, 3.05) is 0 Å². The first-order valence-electron chi connectivity index (χ1n) is 4.02. The number of aryl methyl sites for hydroxylation is 1. The van der Waals surface area contributed by atoms with Crippen LogP contribution in [0.3, 0.4) is 0 Å². The Hall–Kier alpha value is -1.84. The molecule has 0 atom stereocenters. The van der Waals surface area contributed by atoms with Gasteiger partial charge in [0, 0.05) is 6.20 Å². The topological polar surface area (TPSA) is 43.3 Å². The fourth-order valence-electron chi connectivity index (χ4n) is 1.54. The summed E-state index contributed by atoms with van der Waals surface area (Å²) in [5.74, 6) is 0. The minimum Gasteiger partial charge on any atom is -0.441 e. The summed E-state index contributed by atoms with van der Waals surface area (Å²) in [7, 11) is 0. The van der Waals surface area contributed by atoms with Crippen LogP contribution in [0, 0.1) is 6.92 Å². The lowest BCUT2D eigenvalue weighted by atomic mass is 10.3. The van der Waals surface area contributed by atoms with Gasteiger partial charge in [-0.15, -0.1) is 0 Å². The largest absolute Gasteiger partial charge is 0.441 e. The predicted molar refractivity (Wildman–Crippen MR) is 47.5 cm³/mol. The Labute approximate surface area is 73.8 Å². The third kappa shape index (κ3) is 0.744. The molecule has 3 aromatic heterocycles. The van der Waals surface area contributed by atoms with Crippen molar-refractivity contribution in [3.63, 3.8) is 0 Å². The summed E-state index contributed by atoms with van der Waals surface area (Å²) < 4.78 is 7.09. The summed E-state index contributed by atoms with van der Waals surface area (Å²) in [6.45, 7) is 2.00. The van der Waals surface area contributed by atoms with Gasteiger partial charge in [0.2, 0.25) is 0 Å². The van der Waals surface area contributed by atoms with Gasteiger partial charge in [-0.3, -0.25) is 0 Å². The molecule has 0 aliphatic heterocycles. The Morgan fingerprint density at radius 2 is 2.38 bits per heavy atom. The van der Waals surface area contributed by atoms with E-state index in [1.807, 2.05) is 25.4 Å². The molecule has 3 heterocycles. The minimum atomic E-state index is 0.803. The maximum absolute atomic E-state index is 5.30. The maximum Gasteiger partial charge on any atom is 0.182 e. The van der Waals surface area contributed by atoms with Crippen molar-refractivity contribution in [1.29, 1.82) is 0 Å². The van der Waals surface area contributed by atoms with Crippen molar-refractivity contribution in [1.82, 2.24) is 14.6 Å². The molecule has 4 heteroatoms. The first kappa shape index (κ1) is 6.65. The molecular weight excluding hydrogens is 166 g/mol. The molecule has 0 bridgehead atoms. The normalized spacial score (nSPS) is 11.5. The zero-order chi connectivity index (χ0) is 8.84. The molecule has 13 heavy (non-hydrogen) atoms. The number of aromatic nitrogens is 3. The summed E-state index contributed by atoms with van der Waals surface area (Å²) in [4.78, 5) is 4.08. The maximum atomic E-state index is 5.30. The molecule has 64 valence electrons. The van der Waals surface area contributed by atoms with E-state index >= 15 is 0 Å². The molecular formula is C9H7N3O. The summed E-state index contributed by atoms with van der Waals surface area (Å²) in [6.07, 6.45) is 5.15. The van der Waals surface area contributed by atoms with Crippen molar-refractivity contribution in [3.8, 4) is 0 Å². The van der Waals surface area contributed by atoms with E-state index in [1.165, 1.54) is 6.39 Å². The Morgan fingerprint density at radius 1 is 1.46 bits per heavy atom. The van der Waals surface area contributed by atoms with Crippen molar-refractivity contribution in [2.45, 2.75) is 6.92 Å². The van der Waals surface area contributed by atoms with E-state index in [1.54, 1.807) is 4.52 Å². The van der Waals surface area contributed by atoms with Crippen LogP contribution in [-0.4, -0.2) is 14.6 Å². The highest BCUT2D eigenvalue weighted by Gasteiger charge is 2.07. The van der Waals surface area contributed by atoms with Gasteiger partial charge in [0.25, 0.3) is 0 Å². The van der Waals surface area contributed by atoms with E-state index in [2.05, 4.69) is 10.1 Å². The van der Waals surface area contributed by atoms with Gasteiger partial charge in [-0.1, -0.05) is 0 Å². The summed E-state index contributed by atoms with van der Waals surface area (Å²) in [5, 5.41) is 4.18. The number of hydrogen-bond acceptors (Lipinski definition) is 3. The van der Waals surface area contributed by atoms with Gasteiger partial charge >= 0.3 is 0 Å². The number of hydrogen-bond donors (Lipinski definition) is 0. The number of nitrogens with zero attached hydrogens (tertiary/aromatic N) is 3. The van der Waals surface area contributed by atoms with E-state index in [9.17, 15) is 0 Å². The van der Waals surface area contributed by atoms with Gasteiger partial charge in [-0.2, -0.15) is 5.10 Å². The summed E-state index contributed by atoms with van der Waals surface area (Å²) in [6, 6.07) is 1.89. The second-order valence-electron chi connectivity index (χ2n) is 3.00. The van der Waals surface area contributed by atoms with Crippen LogP contribution in [-0.2, 0) is 0 Å². The van der Waals surface area contributed by atoms with E-state index in [0.29, 0.717) is 0 Å². The highest BCUT2D eigenvalue weighted by atomic mass is 16.3. The number of oxazole rings is 1. The second-order valence-corrected chi connectivity index (χ2v) is 3.00. The van der Waals surface area contributed by atoms with Crippen LogP contribution in [0.1, 0.15) is 5.56 Å². The SMILES string of the molecule is Cc1cnn2ccc3ncoc3c12. The van der Waals surface area contributed by atoms with Crippen LogP contribution in [0.15, 0.2) is 29.3 Å². The van der Waals surface area contributed by atoms with Crippen molar-refractivity contribution in [2.24, 2.45) is 0 Å². The smallest absolute Gasteiger partial charge is 0.182 e. The molecule has 4 nitrogen and oxygen atoms in total. The quantitative estimate of drug-likeness (QED) is 0.520. The number of fused-ring (bicyclic) bond motifs is 3. The summed E-state index contributed by atoms with van der Waals surface area (Å²) in [5.41, 5.74) is 3.77. The lowest BCUT2D eigenvalue weighted by Crippen LogP contribution is -1.85. The van der Waals surface area contributed by atoms with E-state index in [4.69, 9.17) is 4.42 Å². The van der Waals surface area contributed by atoms with Gasteiger partial charge in [0.1, 0.15) is 11.0 Å². The Balaban J connectivity index is 2.70. The molecule has 0 aliphatic rings. The first-order valence-corrected chi connectivity index (χ1v) is 4.02. The highest BCUT2D eigenvalue weighted by Crippen LogP contribution is 2.20. The molecule has 0 fully saturated rings. The predicted octanol–water partition coefficient (Wildman–Crippen LogP) is 1.78. The monoisotopic (exact) mass is 173 g/mol. The van der Waals surface area contributed by atoms with Crippen LogP contribution in [0.4, 0.5) is 0 Å². The molecule has 0 aliphatic carbocycles. The molecule has 0 aromatic carbocycles. The van der Waals surface area contributed by atoms with E-state index in [0.717, 1.165) is 22.2 Å². The van der Waals surface area contributed by atoms with Gasteiger partial charge in [0.15, 0.2) is 12.0 Å².